The Bertz CT molecular complexity index is 502. The maximum Gasteiger partial charge on any atom is 0.372 e. The number of carbonyl (C=O) groups is 3. The third-order valence-corrected chi connectivity index (χ3v) is 3.65. The highest BCUT2D eigenvalue weighted by atomic mass is 16.4. The molecule has 0 radical (unpaired) electrons. The number of Topliss-reactive ketones (excluding diaryl/α,β-unsaturated/α-hetero) is 2. The average Bonchev–Trinajstić information content (AvgIpc) is 2.51. The van der Waals surface area contributed by atoms with E-state index >= 15 is 0 Å². The van der Waals surface area contributed by atoms with Crippen LogP contribution in [0.5, 0.6) is 0 Å². The third-order valence-electron chi connectivity index (χ3n) is 3.65. The molecule has 0 bridgehead atoms. The van der Waals surface area contributed by atoms with Gasteiger partial charge in [-0.25, -0.2) is 4.79 Å². The molecule has 0 fully saturated rings. The van der Waals surface area contributed by atoms with E-state index in [4.69, 9.17) is 5.11 Å². The summed E-state index contributed by atoms with van der Waals surface area (Å²) >= 11 is 0. The molecule has 1 N–H and O–H groups in total. The zero-order valence-electron chi connectivity index (χ0n) is 13.1. The second-order valence-corrected chi connectivity index (χ2v) is 5.54. The zero-order chi connectivity index (χ0) is 16.4. The fourth-order valence-electron chi connectivity index (χ4n) is 2.29. The van der Waals surface area contributed by atoms with Crippen molar-refractivity contribution < 1.29 is 19.5 Å². The first-order valence-electron chi connectivity index (χ1n) is 7.93. The number of carboxylic acids is 1. The summed E-state index contributed by atoms with van der Waals surface area (Å²) in [5, 5.41) is 8.49. The number of carboxylic acid groups (broad SMARTS) is 1. The van der Waals surface area contributed by atoms with Crippen molar-refractivity contribution in [2.24, 2.45) is 0 Å². The lowest BCUT2D eigenvalue weighted by Gasteiger charge is -2.04. The first-order valence-corrected chi connectivity index (χ1v) is 7.93. The van der Waals surface area contributed by atoms with Crippen LogP contribution in [0.1, 0.15) is 67.8 Å². The molecule has 0 atom stereocenters. The van der Waals surface area contributed by atoms with Gasteiger partial charge in [0, 0.05) is 5.56 Å². The molecule has 0 aliphatic rings. The van der Waals surface area contributed by atoms with Crippen LogP contribution >= 0.6 is 0 Å². The van der Waals surface area contributed by atoms with Gasteiger partial charge in [-0.1, -0.05) is 63.3 Å². The van der Waals surface area contributed by atoms with Gasteiger partial charge in [0.15, 0.2) is 5.78 Å². The van der Waals surface area contributed by atoms with E-state index in [1.807, 2.05) is 12.1 Å². The van der Waals surface area contributed by atoms with Crippen LogP contribution in [0, 0.1) is 0 Å². The summed E-state index contributed by atoms with van der Waals surface area (Å²) in [5.74, 6) is -3.08. The second-order valence-electron chi connectivity index (χ2n) is 5.54. The molecule has 0 amide bonds. The smallest absolute Gasteiger partial charge is 0.372 e. The molecule has 22 heavy (non-hydrogen) atoms. The van der Waals surface area contributed by atoms with Gasteiger partial charge in [-0.05, 0) is 18.4 Å². The van der Waals surface area contributed by atoms with Crippen LogP contribution < -0.4 is 0 Å². The van der Waals surface area contributed by atoms with Crippen molar-refractivity contribution in [1.29, 1.82) is 0 Å². The lowest BCUT2D eigenvalue weighted by molar-refractivity contribution is -0.148. The SMILES string of the molecule is CCCCCCCCc1ccc(C(=O)CC(=O)C(=O)O)cc1. The highest BCUT2D eigenvalue weighted by Gasteiger charge is 2.17. The van der Waals surface area contributed by atoms with Crippen molar-refractivity contribution >= 4 is 17.5 Å². The molecule has 0 saturated carbocycles. The predicted octanol–water partition coefficient (Wildman–Crippen LogP) is 3.82. The number of benzene rings is 1. The van der Waals surface area contributed by atoms with Gasteiger partial charge in [-0.15, -0.1) is 0 Å². The Morgan fingerprint density at radius 1 is 0.909 bits per heavy atom. The molecular weight excluding hydrogens is 280 g/mol. The Morgan fingerprint density at radius 3 is 2.09 bits per heavy atom. The Labute approximate surface area is 131 Å². The first-order chi connectivity index (χ1) is 10.5. The minimum Gasteiger partial charge on any atom is -0.475 e. The zero-order valence-corrected chi connectivity index (χ0v) is 13.1. The first kappa shape index (κ1) is 18.1. The largest absolute Gasteiger partial charge is 0.475 e. The molecule has 120 valence electrons. The molecule has 0 spiro atoms. The van der Waals surface area contributed by atoms with Gasteiger partial charge in [0.2, 0.25) is 5.78 Å². The van der Waals surface area contributed by atoms with Crippen molar-refractivity contribution in [2.45, 2.75) is 58.3 Å². The van der Waals surface area contributed by atoms with Gasteiger partial charge < -0.3 is 5.11 Å². The fourth-order valence-corrected chi connectivity index (χ4v) is 2.29. The number of hydrogen-bond acceptors (Lipinski definition) is 3. The van der Waals surface area contributed by atoms with E-state index in [0.29, 0.717) is 5.56 Å². The van der Waals surface area contributed by atoms with E-state index in [1.165, 1.54) is 32.1 Å². The summed E-state index contributed by atoms with van der Waals surface area (Å²) in [5.41, 5.74) is 1.55. The molecule has 0 aliphatic carbocycles. The molecule has 1 aromatic rings. The average molecular weight is 304 g/mol. The van der Waals surface area contributed by atoms with Crippen molar-refractivity contribution in [2.75, 3.05) is 0 Å². The van der Waals surface area contributed by atoms with Gasteiger partial charge in [0.25, 0.3) is 0 Å². The van der Waals surface area contributed by atoms with Crippen LogP contribution in [0.4, 0.5) is 0 Å². The van der Waals surface area contributed by atoms with E-state index in [0.717, 1.165) is 18.4 Å². The Morgan fingerprint density at radius 2 is 1.50 bits per heavy atom. The van der Waals surface area contributed by atoms with Crippen LogP contribution in [0.25, 0.3) is 0 Å². The van der Waals surface area contributed by atoms with E-state index in [2.05, 4.69) is 6.92 Å². The molecule has 1 rings (SSSR count). The lowest BCUT2D eigenvalue weighted by atomic mass is 10.0. The second kappa shape index (κ2) is 9.87. The van der Waals surface area contributed by atoms with Gasteiger partial charge in [-0.3, -0.25) is 9.59 Å². The maximum absolute atomic E-state index is 11.7. The van der Waals surface area contributed by atoms with Crippen LogP contribution in [-0.2, 0) is 16.0 Å². The minimum absolute atomic E-state index is 0.390. The lowest BCUT2D eigenvalue weighted by Crippen LogP contribution is -2.17. The summed E-state index contributed by atoms with van der Waals surface area (Å²) in [6, 6.07) is 7.10. The molecule has 1 aromatic carbocycles. The summed E-state index contributed by atoms with van der Waals surface area (Å²) in [6.45, 7) is 2.20. The van der Waals surface area contributed by atoms with E-state index in [-0.39, 0.29) is 0 Å². The van der Waals surface area contributed by atoms with Gasteiger partial charge in [0.1, 0.15) is 0 Å². The third kappa shape index (κ3) is 6.66. The minimum atomic E-state index is -1.56. The van der Waals surface area contributed by atoms with Crippen molar-refractivity contribution in [3.05, 3.63) is 35.4 Å². The van der Waals surface area contributed by atoms with E-state index < -0.39 is 24.0 Å². The highest BCUT2D eigenvalue weighted by Crippen LogP contribution is 2.12. The quantitative estimate of drug-likeness (QED) is 0.292. The van der Waals surface area contributed by atoms with Gasteiger partial charge >= 0.3 is 5.97 Å². The predicted molar refractivity (Wildman–Crippen MR) is 85.1 cm³/mol. The van der Waals surface area contributed by atoms with Gasteiger partial charge in [-0.2, -0.15) is 0 Å². The van der Waals surface area contributed by atoms with Gasteiger partial charge in [0.05, 0.1) is 6.42 Å². The van der Waals surface area contributed by atoms with Crippen LogP contribution in [0.15, 0.2) is 24.3 Å². The highest BCUT2D eigenvalue weighted by molar-refractivity contribution is 6.37. The summed E-state index contributed by atoms with van der Waals surface area (Å²) in [6.07, 6.45) is 7.86. The number of aliphatic carboxylic acids is 1. The molecule has 4 nitrogen and oxygen atoms in total. The maximum atomic E-state index is 11.7. The van der Waals surface area contributed by atoms with Crippen molar-refractivity contribution in [1.82, 2.24) is 0 Å². The Balaban J connectivity index is 2.38. The van der Waals surface area contributed by atoms with E-state index in [1.54, 1.807) is 12.1 Å². The van der Waals surface area contributed by atoms with Crippen LogP contribution in [0.2, 0.25) is 0 Å². The fraction of sp³-hybridized carbons (Fsp3) is 0.500. The van der Waals surface area contributed by atoms with Crippen molar-refractivity contribution in [3.8, 4) is 0 Å². The molecule has 0 aliphatic heterocycles. The Hall–Kier alpha value is -1.97. The Kier molecular flexibility index (Phi) is 8.11. The summed E-state index contributed by atoms with van der Waals surface area (Å²) < 4.78 is 0. The van der Waals surface area contributed by atoms with Crippen LogP contribution in [-0.4, -0.2) is 22.6 Å². The number of unbranched alkanes of at least 4 members (excludes halogenated alkanes) is 5. The number of hydrogen-bond donors (Lipinski definition) is 1. The number of aryl methyl sites for hydroxylation is 1. The molecule has 0 unspecified atom stereocenters. The number of carbonyl (C=O) groups excluding carboxylic acids is 2. The molecule has 4 heteroatoms. The number of ketones is 2. The molecule has 0 saturated heterocycles. The normalized spacial score (nSPS) is 10.4. The standard InChI is InChI=1S/C18H24O4/c1-2-3-4-5-6-7-8-14-9-11-15(12-10-14)16(19)13-17(20)18(21)22/h9-12H,2-8,13H2,1H3,(H,21,22). The monoisotopic (exact) mass is 304 g/mol. The molecule has 0 heterocycles. The number of rotatable bonds is 11. The molecule has 0 aromatic heterocycles. The topological polar surface area (TPSA) is 71.4 Å². The summed E-state index contributed by atoms with van der Waals surface area (Å²) in [4.78, 5) is 33.2. The van der Waals surface area contributed by atoms with Crippen LogP contribution in [0.3, 0.4) is 0 Å². The van der Waals surface area contributed by atoms with E-state index in [9.17, 15) is 14.4 Å². The van der Waals surface area contributed by atoms with Crippen molar-refractivity contribution in [3.63, 3.8) is 0 Å². The molecular formula is C18H24O4. The summed E-state index contributed by atoms with van der Waals surface area (Å²) in [7, 11) is 0.